The van der Waals surface area contributed by atoms with Crippen molar-refractivity contribution in [2.24, 2.45) is 0 Å². The van der Waals surface area contributed by atoms with E-state index in [2.05, 4.69) is 72.5 Å². The van der Waals surface area contributed by atoms with Gasteiger partial charge in [-0.05, 0) is 74.9 Å². The van der Waals surface area contributed by atoms with Gasteiger partial charge in [-0.3, -0.25) is 19.7 Å². The molecule has 2 aromatic heterocycles. The summed E-state index contributed by atoms with van der Waals surface area (Å²) in [6.07, 6.45) is 7.67. The molecule has 1 fully saturated rings. The highest BCUT2D eigenvalue weighted by atomic mass is 35.5. The number of likely N-dealkylation sites (tertiary alicyclic amines) is 1. The summed E-state index contributed by atoms with van der Waals surface area (Å²) in [7, 11) is 0.151. The number of ether oxygens (including phenoxy) is 2. The Morgan fingerprint density at radius 2 is 1.94 bits per heavy atom. The molecule has 1 saturated heterocycles. The van der Waals surface area contributed by atoms with E-state index in [0.29, 0.717) is 56.7 Å². The zero-order chi connectivity index (χ0) is 36.1. The molecule has 2 atom stereocenters. The lowest BCUT2D eigenvalue weighted by Gasteiger charge is -2.38. The fourth-order valence-electron chi connectivity index (χ4n) is 5.54. The van der Waals surface area contributed by atoms with Gasteiger partial charge in [-0.15, -0.1) is 0 Å². The predicted octanol–water partition coefficient (Wildman–Crippen LogP) is 8.47. The lowest BCUT2D eigenvalue weighted by molar-refractivity contribution is -0.112. The van der Waals surface area contributed by atoms with Crippen LogP contribution in [0.25, 0.3) is 10.9 Å². The van der Waals surface area contributed by atoms with Gasteiger partial charge in [0, 0.05) is 48.2 Å². The van der Waals surface area contributed by atoms with Gasteiger partial charge < -0.3 is 24.5 Å². The Bertz CT molecular complexity index is 1910. The summed E-state index contributed by atoms with van der Waals surface area (Å²) in [5.41, 5.74) is 3.32. The van der Waals surface area contributed by atoms with E-state index in [1.54, 1.807) is 36.5 Å². The quantitative estimate of drug-likeness (QED) is 0.110. The van der Waals surface area contributed by atoms with Crippen molar-refractivity contribution in [2.45, 2.75) is 71.0 Å². The van der Waals surface area contributed by atoms with E-state index < -0.39 is 8.32 Å². The van der Waals surface area contributed by atoms with E-state index in [1.165, 1.54) is 6.20 Å². The van der Waals surface area contributed by atoms with Crippen LogP contribution in [0.15, 0.2) is 73.1 Å². The summed E-state index contributed by atoms with van der Waals surface area (Å²) in [6.45, 7) is 14.6. The van der Waals surface area contributed by atoms with Crippen molar-refractivity contribution < 1.29 is 18.7 Å². The normalized spacial score (nSPS) is 16.8. The molecule has 1 aliphatic heterocycles. The van der Waals surface area contributed by atoms with Crippen molar-refractivity contribution in [3.05, 3.63) is 89.4 Å². The minimum Gasteiger partial charge on any atom is -0.492 e. The molecule has 1 amide bonds. The molecule has 12 heteroatoms. The number of rotatable bonds is 12. The molecule has 4 aromatic rings. The first kappa shape index (κ1) is 36.8. The third kappa shape index (κ3) is 8.81. The molecule has 0 spiro atoms. The molecule has 2 N–H and O–H groups in total. The standard InChI is InChI=1S/C38H45ClN6O4Si/c1-8-47-35-20-32-30(19-33(35)44-36(46)15-13-28-18-29(23-45(28)5)49-50(6,7)38(2,3)4)37(25(21-40)22-42-32)43-26-12-14-34(31(39)17-26)48-24-27-11-9-10-16-41-27/h9-17,19-20,22,28-29H,8,18,23-24H2,1-7H3,(H,42,43)(H,44,46)/b15-13+/t28-,29-/m1/s1. The zero-order valence-electron chi connectivity index (χ0n) is 29.7. The zero-order valence-corrected chi connectivity index (χ0v) is 31.5. The highest BCUT2D eigenvalue weighted by Crippen LogP contribution is 2.40. The number of anilines is 3. The van der Waals surface area contributed by atoms with Crippen molar-refractivity contribution in [3.63, 3.8) is 0 Å². The third-order valence-electron chi connectivity index (χ3n) is 9.25. The lowest BCUT2D eigenvalue weighted by atomic mass is 10.1. The first-order valence-corrected chi connectivity index (χ1v) is 20.0. The van der Waals surface area contributed by atoms with E-state index in [-0.39, 0.29) is 29.7 Å². The number of hydrogen-bond donors (Lipinski definition) is 2. The van der Waals surface area contributed by atoms with Gasteiger partial charge in [-0.1, -0.05) is 44.5 Å². The van der Waals surface area contributed by atoms with Gasteiger partial charge in [-0.2, -0.15) is 5.26 Å². The van der Waals surface area contributed by atoms with E-state index in [1.807, 2.05) is 37.3 Å². The van der Waals surface area contributed by atoms with Gasteiger partial charge in [0.2, 0.25) is 5.91 Å². The Morgan fingerprint density at radius 1 is 1.14 bits per heavy atom. The highest BCUT2D eigenvalue weighted by Gasteiger charge is 2.41. The van der Waals surface area contributed by atoms with Crippen LogP contribution >= 0.6 is 11.6 Å². The average molecular weight is 713 g/mol. The number of nitrogens with one attached hydrogen (secondary N) is 2. The summed E-state index contributed by atoms with van der Waals surface area (Å²) < 4.78 is 18.4. The number of carbonyl (C=O) groups is 1. The Morgan fingerprint density at radius 3 is 2.62 bits per heavy atom. The monoisotopic (exact) mass is 712 g/mol. The number of fused-ring (bicyclic) bond motifs is 1. The number of amides is 1. The van der Waals surface area contributed by atoms with Gasteiger partial charge in [0.1, 0.15) is 24.2 Å². The maximum absolute atomic E-state index is 13.3. The van der Waals surface area contributed by atoms with E-state index in [0.717, 1.165) is 18.7 Å². The largest absolute Gasteiger partial charge is 0.492 e. The summed E-state index contributed by atoms with van der Waals surface area (Å²) in [5, 5.41) is 17.5. The summed E-state index contributed by atoms with van der Waals surface area (Å²) >= 11 is 6.59. The maximum Gasteiger partial charge on any atom is 0.248 e. The first-order chi connectivity index (χ1) is 23.8. The molecule has 1 aliphatic rings. The Balaban J connectivity index is 1.35. The van der Waals surface area contributed by atoms with Crippen LogP contribution < -0.4 is 20.1 Å². The molecule has 5 rings (SSSR count). The molecule has 0 unspecified atom stereocenters. The van der Waals surface area contributed by atoms with Crippen LogP contribution in [0.2, 0.25) is 23.2 Å². The molecule has 0 saturated carbocycles. The number of carbonyl (C=O) groups excluding carboxylic acids is 1. The second-order valence-electron chi connectivity index (χ2n) is 13.9. The number of aromatic nitrogens is 2. The Labute approximate surface area is 300 Å². The fraction of sp³-hybridized carbons (Fsp3) is 0.368. The number of likely N-dealkylation sites (N-methyl/N-ethyl adjacent to an activating group) is 1. The first-order valence-electron chi connectivity index (χ1n) is 16.7. The number of nitriles is 1. The van der Waals surface area contributed by atoms with Crippen molar-refractivity contribution in [1.29, 1.82) is 5.26 Å². The number of nitrogens with zero attached hydrogens (tertiary/aromatic N) is 4. The summed E-state index contributed by atoms with van der Waals surface area (Å²) in [5.74, 6) is 0.687. The SMILES string of the molecule is CCOc1cc2ncc(C#N)c(Nc3ccc(OCc4ccccn4)c(Cl)c3)c2cc1NC(=O)/C=C/[C@@H]1C[C@@H](O[Si](C)(C)C(C)(C)C)CN1C. The number of hydrogen-bond acceptors (Lipinski definition) is 9. The van der Waals surface area contributed by atoms with Crippen molar-refractivity contribution in [1.82, 2.24) is 14.9 Å². The van der Waals surface area contributed by atoms with Crippen LogP contribution in [0.4, 0.5) is 17.1 Å². The number of halogens is 1. The van der Waals surface area contributed by atoms with Gasteiger partial charge in [0.15, 0.2) is 8.32 Å². The molecule has 0 radical (unpaired) electrons. The fourth-order valence-corrected chi connectivity index (χ4v) is 7.14. The van der Waals surface area contributed by atoms with Crippen molar-refractivity contribution in [3.8, 4) is 17.6 Å². The van der Waals surface area contributed by atoms with Gasteiger partial charge in [0.05, 0.1) is 45.9 Å². The average Bonchev–Trinajstić information content (AvgIpc) is 3.41. The van der Waals surface area contributed by atoms with Crippen LogP contribution in [0.1, 0.15) is 45.4 Å². The maximum atomic E-state index is 13.3. The smallest absolute Gasteiger partial charge is 0.248 e. The van der Waals surface area contributed by atoms with E-state index in [9.17, 15) is 10.1 Å². The van der Waals surface area contributed by atoms with Crippen LogP contribution in [0.3, 0.4) is 0 Å². The van der Waals surface area contributed by atoms with Crippen LogP contribution in [0.5, 0.6) is 11.5 Å². The molecule has 262 valence electrons. The highest BCUT2D eigenvalue weighted by molar-refractivity contribution is 6.74. The molecule has 50 heavy (non-hydrogen) atoms. The van der Waals surface area contributed by atoms with Gasteiger partial charge in [-0.25, -0.2) is 0 Å². The topological polar surface area (TPSA) is 122 Å². The van der Waals surface area contributed by atoms with E-state index in [4.69, 9.17) is 25.5 Å². The summed E-state index contributed by atoms with van der Waals surface area (Å²) in [4.78, 5) is 24.3. The number of pyridine rings is 2. The van der Waals surface area contributed by atoms with E-state index >= 15 is 0 Å². The van der Waals surface area contributed by atoms with Crippen molar-refractivity contribution in [2.75, 3.05) is 30.8 Å². The van der Waals surface area contributed by atoms with Crippen LogP contribution in [-0.4, -0.2) is 61.4 Å². The molecule has 2 aromatic carbocycles. The Hall–Kier alpha value is -4.47. The molecule has 10 nitrogen and oxygen atoms in total. The van der Waals surface area contributed by atoms with Crippen molar-refractivity contribution >= 4 is 53.8 Å². The lowest BCUT2D eigenvalue weighted by Crippen LogP contribution is -2.44. The molecule has 0 aliphatic carbocycles. The molecular weight excluding hydrogens is 668 g/mol. The molecule has 3 heterocycles. The molecule has 0 bridgehead atoms. The summed E-state index contributed by atoms with van der Waals surface area (Å²) in [6, 6.07) is 16.8. The molecular formula is C38H45ClN6O4Si. The Kier molecular flexibility index (Phi) is 11.5. The predicted molar refractivity (Wildman–Crippen MR) is 202 cm³/mol. The minimum atomic E-state index is -1.91. The van der Waals surface area contributed by atoms with Crippen LogP contribution in [-0.2, 0) is 15.8 Å². The number of benzene rings is 2. The third-order valence-corrected chi connectivity index (χ3v) is 14.1. The second kappa shape index (κ2) is 15.6. The van der Waals surface area contributed by atoms with Gasteiger partial charge >= 0.3 is 0 Å². The minimum absolute atomic E-state index is 0.0790. The van der Waals surface area contributed by atoms with Crippen LogP contribution in [0, 0.1) is 11.3 Å². The second-order valence-corrected chi connectivity index (χ2v) is 19.1. The van der Waals surface area contributed by atoms with Gasteiger partial charge in [0.25, 0.3) is 0 Å².